The maximum absolute atomic E-state index is 6.30. The third kappa shape index (κ3) is 3.16. The van der Waals surface area contributed by atoms with Crippen LogP contribution in [0.25, 0.3) is 0 Å². The molecule has 1 aromatic heterocycles. The average Bonchev–Trinajstić information content (AvgIpc) is 2.32. The number of nitrogens with two attached hydrogens (primary N) is 1. The van der Waals surface area contributed by atoms with Crippen LogP contribution < -0.4 is 10.5 Å². The first-order valence-electron chi connectivity index (χ1n) is 6.31. The molecule has 1 saturated carbocycles. The van der Waals surface area contributed by atoms with Crippen LogP contribution in [0.5, 0.6) is 5.88 Å². The Labute approximate surface area is 103 Å². The molecule has 0 saturated heterocycles. The van der Waals surface area contributed by atoms with Crippen LogP contribution >= 0.6 is 0 Å². The minimum absolute atomic E-state index is 0.168. The number of ether oxygens (including phenoxy) is 1. The summed E-state index contributed by atoms with van der Waals surface area (Å²) >= 11 is 0. The van der Waals surface area contributed by atoms with E-state index in [0.717, 1.165) is 24.2 Å². The first-order valence-corrected chi connectivity index (χ1v) is 6.31. The zero-order valence-corrected chi connectivity index (χ0v) is 10.7. The van der Waals surface area contributed by atoms with Gasteiger partial charge in [-0.1, -0.05) is 19.3 Å². The molecule has 0 unspecified atom stereocenters. The summed E-state index contributed by atoms with van der Waals surface area (Å²) in [6.07, 6.45) is 7.48. The smallest absolute Gasteiger partial charge is 0.232 e. The number of aromatic nitrogens is 2. The molecule has 0 aliphatic heterocycles. The van der Waals surface area contributed by atoms with Gasteiger partial charge in [0.15, 0.2) is 0 Å². The summed E-state index contributed by atoms with van der Waals surface area (Å²) in [5.41, 5.74) is 7.99. The van der Waals surface area contributed by atoms with E-state index < -0.39 is 0 Å². The van der Waals surface area contributed by atoms with Gasteiger partial charge in [0.05, 0.1) is 23.1 Å². The Kier molecular flexibility index (Phi) is 3.62. The van der Waals surface area contributed by atoms with Crippen LogP contribution in [0.2, 0.25) is 0 Å². The molecule has 94 valence electrons. The molecule has 0 amide bonds. The quantitative estimate of drug-likeness (QED) is 0.872. The van der Waals surface area contributed by atoms with Gasteiger partial charge < -0.3 is 10.5 Å². The van der Waals surface area contributed by atoms with Gasteiger partial charge in [-0.15, -0.1) is 0 Å². The van der Waals surface area contributed by atoms with Crippen molar-refractivity contribution in [1.29, 1.82) is 0 Å². The second-order valence-corrected chi connectivity index (χ2v) is 5.09. The maximum Gasteiger partial charge on any atom is 0.232 e. The molecule has 0 atom stereocenters. The molecule has 4 nitrogen and oxygen atoms in total. The minimum Gasteiger partial charge on any atom is -0.475 e. The van der Waals surface area contributed by atoms with E-state index in [9.17, 15) is 0 Å². The summed E-state index contributed by atoms with van der Waals surface area (Å²) in [5.74, 6) is 0.587. The van der Waals surface area contributed by atoms with Gasteiger partial charge in [0.25, 0.3) is 0 Å². The third-order valence-electron chi connectivity index (χ3n) is 3.53. The first kappa shape index (κ1) is 12.3. The van der Waals surface area contributed by atoms with Crippen molar-refractivity contribution in [2.24, 2.45) is 5.73 Å². The summed E-state index contributed by atoms with van der Waals surface area (Å²) in [6, 6.07) is 0. The Morgan fingerprint density at radius 2 is 1.94 bits per heavy atom. The van der Waals surface area contributed by atoms with Gasteiger partial charge in [-0.25, -0.2) is 4.98 Å². The Morgan fingerprint density at radius 3 is 2.59 bits per heavy atom. The van der Waals surface area contributed by atoms with Crippen LogP contribution in [0, 0.1) is 13.8 Å². The molecule has 4 heteroatoms. The molecular formula is C13H21N3O. The van der Waals surface area contributed by atoms with Crippen molar-refractivity contribution >= 4 is 0 Å². The van der Waals surface area contributed by atoms with Gasteiger partial charge in [-0.2, -0.15) is 0 Å². The monoisotopic (exact) mass is 235 g/mol. The zero-order chi connectivity index (χ0) is 12.3. The molecule has 1 aliphatic rings. The molecule has 1 aromatic rings. The molecule has 1 fully saturated rings. The highest BCUT2D eigenvalue weighted by atomic mass is 16.5. The van der Waals surface area contributed by atoms with Crippen molar-refractivity contribution in [3.05, 3.63) is 17.6 Å². The van der Waals surface area contributed by atoms with Crippen molar-refractivity contribution < 1.29 is 4.74 Å². The highest BCUT2D eigenvalue weighted by Crippen LogP contribution is 2.26. The molecule has 0 radical (unpaired) electrons. The van der Waals surface area contributed by atoms with Crippen LogP contribution in [-0.4, -0.2) is 22.1 Å². The van der Waals surface area contributed by atoms with Crippen LogP contribution in [0.15, 0.2) is 6.20 Å². The van der Waals surface area contributed by atoms with Crippen LogP contribution in [0.3, 0.4) is 0 Å². The summed E-state index contributed by atoms with van der Waals surface area (Å²) in [6.45, 7) is 4.43. The van der Waals surface area contributed by atoms with E-state index in [2.05, 4.69) is 9.97 Å². The maximum atomic E-state index is 6.30. The van der Waals surface area contributed by atoms with Gasteiger partial charge in [-0.3, -0.25) is 4.98 Å². The second-order valence-electron chi connectivity index (χ2n) is 5.09. The summed E-state index contributed by atoms with van der Waals surface area (Å²) in [4.78, 5) is 8.58. The normalized spacial score (nSPS) is 19.0. The molecule has 2 rings (SSSR count). The second kappa shape index (κ2) is 5.00. The molecule has 0 aromatic carbocycles. The van der Waals surface area contributed by atoms with E-state index in [1.165, 1.54) is 19.3 Å². The van der Waals surface area contributed by atoms with Gasteiger partial charge in [0.1, 0.15) is 6.61 Å². The molecule has 17 heavy (non-hydrogen) atoms. The zero-order valence-electron chi connectivity index (χ0n) is 10.7. The largest absolute Gasteiger partial charge is 0.475 e. The van der Waals surface area contributed by atoms with E-state index in [4.69, 9.17) is 10.5 Å². The third-order valence-corrected chi connectivity index (χ3v) is 3.53. The van der Waals surface area contributed by atoms with Gasteiger partial charge in [0, 0.05) is 0 Å². The van der Waals surface area contributed by atoms with Crippen LogP contribution in [0.4, 0.5) is 0 Å². The van der Waals surface area contributed by atoms with Crippen molar-refractivity contribution in [3.63, 3.8) is 0 Å². The summed E-state index contributed by atoms with van der Waals surface area (Å²) < 4.78 is 5.69. The molecule has 2 N–H and O–H groups in total. The summed E-state index contributed by atoms with van der Waals surface area (Å²) in [7, 11) is 0. The molecular weight excluding hydrogens is 214 g/mol. The lowest BCUT2D eigenvalue weighted by molar-refractivity contribution is 0.168. The Bertz CT molecular complexity index is 386. The van der Waals surface area contributed by atoms with Crippen molar-refractivity contribution in [2.45, 2.75) is 51.5 Å². The molecule has 1 aliphatic carbocycles. The molecule has 0 spiro atoms. The topological polar surface area (TPSA) is 61.0 Å². The van der Waals surface area contributed by atoms with E-state index in [1.807, 2.05) is 13.8 Å². The Hall–Kier alpha value is -1.16. The van der Waals surface area contributed by atoms with Crippen molar-refractivity contribution in [1.82, 2.24) is 9.97 Å². The lowest BCUT2D eigenvalue weighted by atomic mass is 9.83. The van der Waals surface area contributed by atoms with Gasteiger partial charge in [-0.05, 0) is 26.7 Å². The number of hydrogen-bond acceptors (Lipinski definition) is 4. The minimum atomic E-state index is -0.168. The lowest BCUT2D eigenvalue weighted by Gasteiger charge is -2.32. The molecule has 1 heterocycles. The highest BCUT2D eigenvalue weighted by molar-refractivity contribution is 5.14. The number of hydrogen-bond donors (Lipinski definition) is 1. The van der Waals surface area contributed by atoms with E-state index in [0.29, 0.717) is 12.5 Å². The van der Waals surface area contributed by atoms with Crippen molar-refractivity contribution in [3.8, 4) is 5.88 Å². The van der Waals surface area contributed by atoms with E-state index >= 15 is 0 Å². The lowest BCUT2D eigenvalue weighted by Crippen LogP contribution is -2.47. The predicted molar refractivity (Wildman–Crippen MR) is 67.0 cm³/mol. The average molecular weight is 235 g/mol. The fraction of sp³-hybridized carbons (Fsp3) is 0.692. The van der Waals surface area contributed by atoms with Crippen LogP contribution in [0.1, 0.15) is 43.5 Å². The fourth-order valence-corrected chi connectivity index (χ4v) is 2.21. The SMILES string of the molecule is Cc1ncc(OCC2(N)CCCCC2)nc1C. The highest BCUT2D eigenvalue weighted by Gasteiger charge is 2.28. The van der Waals surface area contributed by atoms with E-state index in [1.54, 1.807) is 6.20 Å². The fourth-order valence-electron chi connectivity index (χ4n) is 2.21. The Balaban J connectivity index is 1.94. The van der Waals surface area contributed by atoms with Crippen LogP contribution in [-0.2, 0) is 0 Å². The first-order chi connectivity index (χ1) is 8.09. The predicted octanol–water partition coefficient (Wildman–Crippen LogP) is 2.13. The number of aryl methyl sites for hydroxylation is 2. The number of rotatable bonds is 3. The van der Waals surface area contributed by atoms with Crippen molar-refractivity contribution in [2.75, 3.05) is 6.61 Å². The number of nitrogens with zero attached hydrogens (tertiary/aromatic N) is 2. The van der Waals surface area contributed by atoms with Gasteiger partial charge >= 0.3 is 0 Å². The van der Waals surface area contributed by atoms with E-state index in [-0.39, 0.29) is 5.54 Å². The van der Waals surface area contributed by atoms with Gasteiger partial charge in [0.2, 0.25) is 5.88 Å². The summed E-state index contributed by atoms with van der Waals surface area (Å²) in [5, 5.41) is 0. The standard InChI is InChI=1S/C13H21N3O/c1-10-11(2)16-12(8-15-10)17-9-13(14)6-4-3-5-7-13/h8H,3-7,9,14H2,1-2H3. The Morgan fingerprint density at radius 1 is 1.24 bits per heavy atom. The molecule has 0 bridgehead atoms.